The van der Waals surface area contributed by atoms with Gasteiger partial charge in [-0.25, -0.2) is 0 Å². The predicted octanol–water partition coefficient (Wildman–Crippen LogP) is 3.79. The van der Waals surface area contributed by atoms with Crippen LogP contribution in [0.5, 0.6) is 0 Å². The molecule has 0 heterocycles. The summed E-state index contributed by atoms with van der Waals surface area (Å²) in [5.41, 5.74) is 3.42. The molecule has 0 unspecified atom stereocenters. The molecule has 1 heteroatoms. The molecular formula is C12H19N. The van der Waals surface area contributed by atoms with Crippen LogP contribution in [-0.4, -0.2) is 7.05 Å². The van der Waals surface area contributed by atoms with E-state index in [1.165, 1.54) is 5.56 Å². The van der Waals surface area contributed by atoms with Crippen molar-refractivity contribution in [2.45, 2.75) is 20.8 Å². The third kappa shape index (κ3) is 3.32. The lowest BCUT2D eigenvalue weighted by atomic mass is 10.1. The van der Waals surface area contributed by atoms with Crippen LogP contribution in [0.1, 0.15) is 26.3 Å². The summed E-state index contributed by atoms with van der Waals surface area (Å²) in [6.07, 6.45) is 0. The summed E-state index contributed by atoms with van der Waals surface area (Å²) in [5.74, 6) is 0. The Kier molecular flexibility index (Phi) is 5.69. The normalized spacial score (nSPS) is 8.31. The maximum absolute atomic E-state index is 3.89. The van der Waals surface area contributed by atoms with Crippen LogP contribution in [0.15, 0.2) is 30.8 Å². The van der Waals surface area contributed by atoms with E-state index < -0.39 is 0 Å². The van der Waals surface area contributed by atoms with Crippen molar-refractivity contribution in [1.82, 2.24) is 0 Å². The lowest BCUT2D eigenvalue weighted by Crippen LogP contribution is -1.91. The largest absolute Gasteiger partial charge is 0.388 e. The van der Waals surface area contributed by atoms with Crippen molar-refractivity contribution in [1.29, 1.82) is 0 Å². The third-order valence-electron chi connectivity index (χ3n) is 1.66. The minimum absolute atomic E-state index is 1.09. The van der Waals surface area contributed by atoms with Crippen LogP contribution in [0.25, 0.3) is 5.57 Å². The molecule has 0 aliphatic heterocycles. The molecule has 0 aliphatic carbocycles. The molecule has 1 nitrogen and oxygen atoms in total. The van der Waals surface area contributed by atoms with Gasteiger partial charge in [0.1, 0.15) is 0 Å². The van der Waals surface area contributed by atoms with Gasteiger partial charge in [-0.1, -0.05) is 38.6 Å². The molecule has 0 amide bonds. The predicted molar refractivity (Wildman–Crippen MR) is 62.0 cm³/mol. The molecule has 13 heavy (non-hydrogen) atoms. The molecule has 0 radical (unpaired) electrons. The number of hydrogen-bond acceptors (Lipinski definition) is 1. The standard InChI is InChI=1S/C10H13N.C2H6/c1-8(2)9-6-4-5-7-10(9)11-3;1-2/h4-7,11H,1H2,2-3H3;1-2H3. The van der Waals surface area contributed by atoms with Crippen molar-refractivity contribution in [2.24, 2.45) is 0 Å². The monoisotopic (exact) mass is 177 g/mol. The van der Waals surface area contributed by atoms with E-state index in [4.69, 9.17) is 0 Å². The first-order valence-electron chi connectivity index (χ1n) is 4.68. The van der Waals surface area contributed by atoms with Gasteiger partial charge < -0.3 is 5.32 Å². The molecule has 1 rings (SSSR count). The minimum atomic E-state index is 1.09. The van der Waals surface area contributed by atoms with Crippen LogP contribution in [0.3, 0.4) is 0 Å². The van der Waals surface area contributed by atoms with Gasteiger partial charge >= 0.3 is 0 Å². The summed E-state index contributed by atoms with van der Waals surface area (Å²) in [6.45, 7) is 9.90. The number of allylic oxidation sites excluding steroid dienone is 1. The van der Waals surface area contributed by atoms with Gasteiger partial charge in [0.05, 0.1) is 0 Å². The molecule has 0 aromatic heterocycles. The molecule has 1 N–H and O–H groups in total. The van der Waals surface area contributed by atoms with Crippen LogP contribution in [0.2, 0.25) is 0 Å². The Morgan fingerprint density at radius 2 is 1.77 bits per heavy atom. The van der Waals surface area contributed by atoms with Crippen LogP contribution in [-0.2, 0) is 0 Å². The van der Waals surface area contributed by atoms with Gasteiger partial charge in [-0.15, -0.1) is 0 Å². The quantitative estimate of drug-likeness (QED) is 0.724. The fourth-order valence-corrected chi connectivity index (χ4v) is 1.07. The van der Waals surface area contributed by atoms with E-state index in [0.29, 0.717) is 0 Å². The van der Waals surface area contributed by atoms with E-state index in [0.717, 1.165) is 11.3 Å². The van der Waals surface area contributed by atoms with E-state index >= 15 is 0 Å². The maximum Gasteiger partial charge on any atom is 0.0413 e. The molecule has 1 aromatic carbocycles. The van der Waals surface area contributed by atoms with E-state index in [2.05, 4.69) is 18.0 Å². The zero-order valence-corrected chi connectivity index (χ0v) is 9.02. The van der Waals surface area contributed by atoms with Crippen molar-refractivity contribution in [2.75, 3.05) is 12.4 Å². The van der Waals surface area contributed by atoms with Crippen molar-refractivity contribution < 1.29 is 0 Å². The third-order valence-corrected chi connectivity index (χ3v) is 1.66. The average molecular weight is 177 g/mol. The highest BCUT2D eigenvalue weighted by atomic mass is 14.8. The summed E-state index contributed by atoms with van der Waals surface area (Å²) >= 11 is 0. The molecule has 0 bridgehead atoms. The Hall–Kier alpha value is -1.24. The highest BCUT2D eigenvalue weighted by Crippen LogP contribution is 2.20. The molecule has 0 atom stereocenters. The van der Waals surface area contributed by atoms with Crippen LogP contribution in [0.4, 0.5) is 5.69 Å². The Morgan fingerprint density at radius 1 is 1.23 bits per heavy atom. The van der Waals surface area contributed by atoms with Gasteiger partial charge in [0.25, 0.3) is 0 Å². The lowest BCUT2D eigenvalue weighted by molar-refractivity contribution is 1.47. The number of benzene rings is 1. The number of para-hydroxylation sites is 1. The summed E-state index contributed by atoms with van der Waals surface area (Å²) in [6, 6.07) is 8.14. The first-order valence-corrected chi connectivity index (χ1v) is 4.68. The summed E-state index contributed by atoms with van der Waals surface area (Å²) in [5, 5.41) is 3.12. The van der Waals surface area contributed by atoms with Gasteiger partial charge in [0, 0.05) is 12.7 Å². The van der Waals surface area contributed by atoms with E-state index in [1.807, 2.05) is 46.0 Å². The molecule has 1 aromatic rings. The Balaban J connectivity index is 0.000000671. The molecule has 0 saturated heterocycles. The zero-order valence-electron chi connectivity index (χ0n) is 9.02. The zero-order chi connectivity index (χ0) is 10.3. The van der Waals surface area contributed by atoms with Gasteiger partial charge in [0.2, 0.25) is 0 Å². The second-order valence-corrected chi connectivity index (χ2v) is 2.58. The first-order chi connectivity index (χ1) is 6.25. The van der Waals surface area contributed by atoms with Gasteiger partial charge in [-0.3, -0.25) is 0 Å². The minimum Gasteiger partial charge on any atom is -0.388 e. The van der Waals surface area contributed by atoms with Crippen LogP contribution in [0, 0.1) is 0 Å². The summed E-state index contributed by atoms with van der Waals surface area (Å²) < 4.78 is 0. The molecule has 0 spiro atoms. The van der Waals surface area contributed by atoms with Crippen molar-refractivity contribution in [3.8, 4) is 0 Å². The Bertz CT molecular complexity index is 264. The highest BCUT2D eigenvalue weighted by molar-refractivity contribution is 5.73. The highest BCUT2D eigenvalue weighted by Gasteiger charge is 1.97. The summed E-state index contributed by atoms with van der Waals surface area (Å²) in [7, 11) is 1.92. The number of rotatable bonds is 2. The van der Waals surface area contributed by atoms with E-state index in [-0.39, 0.29) is 0 Å². The van der Waals surface area contributed by atoms with E-state index in [9.17, 15) is 0 Å². The topological polar surface area (TPSA) is 12.0 Å². The molecule has 0 saturated carbocycles. The first kappa shape index (κ1) is 11.8. The molecule has 0 fully saturated rings. The Morgan fingerprint density at radius 3 is 2.15 bits per heavy atom. The van der Waals surface area contributed by atoms with Gasteiger partial charge in [0.15, 0.2) is 0 Å². The van der Waals surface area contributed by atoms with Crippen molar-refractivity contribution in [3.05, 3.63) is 36.4 Å². The molecule has 0 aliphatic rings. The van der Waals surface area contributed by atoms with Gasteiger partial charge in [-0.2, -0.15) is 0 Å². The maximum atomic E-state index is 3.89. The molecule has 72 valence electrons. The van der Waals surface area contributed by atoms with Crippen molar-refractivity contribution in [3.63, 3.8) is 0 Å². The number of anilines is 1. The fraction of sp³-hybridized carbons (Fsp3) is 0.333. The average Bonchev–Trinajstić information content (AvgIpc) is 2.20. The van der Waals surface area contributed by atoms with E-state index in [1.54, 1.807) is 0 Å². The molecular weight excluding hydrogens is 158 g/mol. The summed E-state index contributed by atoms with van der Waals surface area (Å²) in [4.78, 5) is 0. The fourth-order valence-electron chi connectivity index (χ4n) is 1.07. The van der Waals surface area contributed by atoms with Crippen LogP contribution >= 0.6 is 0 Å². The second-order valence-electron chi connectivity index (χ2n) is 2.58. The number of hydrogen-bond donors (Lipinski definition) is 1. The lowest BCUT2D eigenvalue weighted by Gasteiger charge is -2.06. The van der Waals surface area contributed by atoms with Crippen molar-refractivity contribution >= 4 is 11.3 Å². The second kappa shape index (κ2) is 6.30. The SMILES string of the molecule is C=C(C)c1ccccc1NC.CC. The van der Waals surface area contributed by atoms with Crippen LogP contribution < -0.4 is 5.32 Å². The Labute approximate surface area is 81.5 Å². The smallest absolute Gasteiger partial charge is 0.0413 e. The van der Waals surface area contributed by atoms with Gasteiger partial charge in [-0.05, 0) is 24.1 Å². The number of nitrogens with one attached hydrogen (secondary N) is 1.